The van der Waals surface area contributed by atoms with E-state index >= 15 is 0 Å². The summed E-state index contributed by atoms with van der Waals surface area (Å²) in [7, 11) is -3.96. The topological polar surface area (TPSA) is 121 Å². The molecule has 4 aromatic rings. The molecule has 1 unspecified atom stereocenters. The maximum absolute atomic E-state index is 11.0. The summed E-state index contributed by atoms with van der Waals surface area (Å²) in [6.07, 6.45) is 4.84. The van der Waals surface area contributed by atoms with E-state index in [1.807, 2.05) is 30.3 Å². The summed E-state index contributed by atoms with van der Waals surface area (Å²) in [6, 6.07) is 18.3. The lowest BCUT2D eigenvalue weighted by atomic mass is 9.91. The Morgan fingerprint density at radius 3 is 2.66 bits per heavy atom. The lowest BCUT2D eigenvalue weighted by molar-refractivity contribution is 0.371. The molecular formula is C26H31N4O4P. The second-order valence-corrected chi connectivity index (χ2v) is 10.5. The van der Waals surface area contributed by atoms with Gasteiger partial charge in [-0.15, -0.1) is 10.2 Å². The molecule has 0 aliphatic heterocycles. The van der Waals surface area contributed by atoms with Crippen molar-refractivity contribution in [3.63, 3.8) is 0 Å². The summed E-state index contributed by atoms with van der Waals surface area (Å²) in [5, 5.41) is 12.9. The third kappa shape index (κ3) is 6.83. The van der Waals surface area contributed by atoms with Gasteiger partial charge in [-0.05, 0) is 48.6 Å². The molecule has 0 amide bonds. The van der Waals surface area contributed by atoms with Crippen molar-refractivity contribution >= 4 is 18.5 Å². The van der Waals surface area contributed by atoms with Crippen LogP contribution in [0.15, 0.2) is 65.2 Å². The molecule has 0 bridgehead atoms. The van der Waals surface area contributed by atoms with Crippen LogP contribution in [0, 0.1) is 0 Å². The number of fused-ring (bicyclic) bond motifs is 1. The first-order valence-electron chi connectivity index (χ1n) is 11.9. The minimum atomic E-state index is -3.96. The van der Waals surface area contributed by atoms with Gasteiger partial charge >= 0.3 is 7.60 Å². The van der Waals surface area contributed by atoms with E-state index in [1.54, 1.807) is 6.20 Å². The van der Waals surface area contributed by atoms with Crippen molar-refractivity contribution in [1.82, 2.24) is 20.5 Å². The van der Waals surface area contributed by atoms with Crippen LogP contribution in [0.2, 0.25) is 0 Å². The largest absolute Gasteiger partial charge is 0.421 e. The van der Waals surface area contributed by atoms with E-state index in [0.717, 1.165) is 34.9 Å². The van der Waals surface area contributed by atoms with Gasteiger partial charge in [0.15, 0.2) is 0 Å². The highest BCUT2D eigenvalue weighted by Gasteiger charge is 2.18. The average molecular weight is 495 g/mol. The van der Waals surface area contributed by atoms with Gasteiger partial charge in [0.05, 0.1) is 11.7 Å². The smallest absolute Gasteiger partial charge is 0.325 e. The van der Waals surface area contributed by atoms with Crippen molar-refractivity contribution in [3.05, 3.63) is 77.8 Å². The van der Waals surface area contributed by atoms with Crippen LogP contribution in [0.4, 0.5) is 0 Å². The number of rotatable bonds is 12. The molecule has 3 N–H and O–H groups in total. The van der Waals surface area contributed by atoms with Crippen LogP contribution in [0.5, 0.6) is 0 Å². The van der Waals surface area contributed by atoms with Crippen LogP contribution in [0.1, 0.15) is 49.1 Å². The van der Waals surface area contributed by atoms with Crippen molar-refractivity contribution in [3.8, 4) is 11.5 Å². The molecule has 1 atom stereocenters. The van der Waals surface area contributed by atoms with E-state index in [2.05, 4.69) is 51.7 Å². The third-order valence-electron chi connectivity index (χ3n) is 6.00. The maximum atomic E-state index is 11.0. The number of nitrogens with zero attached hydrogens (tertiary/aromatic N) is 3. The SMILES string of the molecule is CCCC(Cc1nnc(-c2ccc(CNCCCP(=O)(O)O)c3ncccc23)o1)c1ccccc1. The summed E-state index contributed by atoms with van der Waals surface area (Å²) >= 11 is 0. The number of hydrogen-bond acceptors (Lipinski definition) is 6. The molecule has 8 nitrogen and oxygen atoms in total. The van der Waals surface area contributed by atoms with E-state index < -0.39 is 7.60 Å². The van der Waals surface area contributed by atoms with Gasteiger partial charge in [-0.25, -0.2) is 0 Å². The van der Waals surface area contributed by atoms with Crippen LogP contribution in [0.3, 0.4) is 0 Å². The molecule has 0 spiro atoms. The monoisotopic (exact) mass is 494 g/mol. The highest BCUT2D eigenvalue weighted by Crippen LogP contribution is 2.34. The van der Waals surface area contributed by atoms with Crippen molar-refractivity contribution in [1.29, 1.82) is 0 Å². The number of nitrogens with one attached hydrogen (secondary N) is 1. The quantitative estimate of drug-likeness (QED) is 0.184. The van der Waals surface area contributed by atoms with Crippen molar-refractivity contribution in [2.45, 2.75) is 45.1 Å². The van der Waals surface area contributed by atoms with Crippen LogP contribution in [-0.4, -0.2) is 37.7 Å². The summed E-state index contributed by atoms with van der Waals surface area (Å²) in [4.78, 5) is 22.6. The summed E-state index contributed by atoms with van der Waals surface area (Å²) in [6.45, 7) is 3.23. The Morgan fingerprint density at radius 2 is 1.89 bits per heavy atom. The van der Waals surface area contributed by atoms with Crippen molar-refractivity contribution in [2.24, 2.45) is 0 Å². The van der Waals surface area contributed by atoms with Gasteiger partial charge in [0.1, 0.15) is 0 Å². The molecule has 2 aromatic heterocycles. The van der Waals surface area contributed by atoms with E-state index in [4.69, 9.17) is 14.2 Å². The molecule has 4 rings (SSSR count). The number of aromatic nitrogens is 3. The zero-order valence-electron chi connectivity index (χ0n) is 19.8. The minimum absolute atomic E-state index is 0.124. The molecule has 0 radical (unpaired) electrons. The van der Waals surface area contributed by atoms with Crippen LogP contribution in [-0.2, 0) is 17.5 Å². The first-order chi connectivity index (χ1) is 16.9. The maximum Gasteiger partial charge on any atom is 0.325 e. The molecule has 0 fully saturated rings. The summed E-state index contributed by atoms with van der Waals surface area (Å²) < 4.78 is 17.1. The van der Waals surface area contributed by atoms with Crippen molar-refractivity contribution < 1.29 is 18.8 Å². The Morgan fingerprint density at radius 1 is 1.06 bits per heavy atom. The fraction of sp³-hybridized carbons (Fsp3) is 0.346. The Bertz CT molecular complexity index is 1290. The average Bonchev–Trinajstić information content (AvgIpc) is 3.31. The molecule has 184 valence electrons. The number of benzene rings is 2. The van der Waals surface area contributed by atoms with Gasteiger partial charge in [0, 0.05) is 30.1 Å². The molecule has 2 heterocycles. The predicted molar refractivity (Wildman–Crippen MR) is 136 cm³/mol. The lowest BCUT2D eigenvalue weighted by Gasteiger charge is -2.14. The Hall–Kier alpha value is -2.90. The fourth-order valence-electron chi connectivity index (χ4n) is 4.31. The van der Waals surface area contributed by atoms with E-state index in [0.29, 0.717) is 43.6 Å². The van der Waals surface area contributed by atoms with Crippen LogP contribution >= 0.6 is 7.60 Å². The number of hydrogen-bond donors (Lipinski definition) is 3. The first kappa shape index (κ1) is 25.2. The highest BCUT2D eigenvalue weighted by atomic mass is 31.2. The molecule has 9 heteroatoms. The first-order valence-corrected chi connectivity index (χ1v) is 13.7. The molecule has 0 aliphatic rings. The Labute approximate surface area is 205 Å². The summed E-state index contributed by atoms with van der Waals surface area (Å²) in [5.41, 5.74) is 3.94. The lowest BCUT2D eigenvalue weighted by Crippen LogP contribution is -2.16. The van der Waals surface area contributed by atoms with Crippen LogP contribution in [0.25, 0.3) is 22.4 Å². The standard InChI is InChI=1S/C26H31N4O4P/c1-2-8-20(19-9-4-3-5-10-19)17-24-29-30-26(34-24)23-13-12-21(25-22(23)11-6-15-28-25)18-27-14-7-16-35(31,32)33/h3-6,9-13,15,20,27H,2,7-8,14,16-18H2,1H3,(H2,31,32,33). The third-order valence-corrected chi connectivity index (χ3v) is 6.90. The predicted octanol–water partition coefficient (Wildman–Crippen LogP) is 5.07. The van der Waals surface area contributed by atoms with E-state index in [-0.39, 0.29) is 6.16 Å². The summed E-state index contributed by atoms with van der Waals surface area (Å²) in [5.74, 6) is 1.42. The van der Waals surface area contributed by atoms with Crippen LogP contribution < -0.4 is 5.32 Å². The highest BCUT2D eigenvalue weighted by molar-refractivity contribution is 7.51. The molecular weight excluding hydrogens is 463 g/mol. The fourth-order valence-corrected chi connectivity index (χ4v) is 4.88. The van der Waals surface area contributed by atoms with E-state index in [9.17, 15) is 4.57 Å². The molecule has 0 saturated carbocycles. The van der Waals surface area contributed by atoms with Gasteiger partial charge in [-0.1, -0.05) is 55.8 Å². The zero-order valence-corrected chi connectivity index (χ0v) is 20.7. The van der Waals surface area contributed by atoms with E-state index in [1.165, 1.54) is 5.56 Å². The number of pyridine rings is 1. The van der Waals surface area contributed by atoms with Gasteiger partial charge in [0.25, 0.3) is 0 Å². The second-order valence-electron chi connectivity index (χ2n) is 8.69. The molecule has 0 saturated heterocycles. The molecule has 35 heavy (non-hydrogen) atoms. The molecule has 2 aromatic carbocycles. The van der Waals surface area contributed by atoms with Gasteiger partial charge < -0.3 is 19.5 Å². The second kappa shape index (κ2) is 11.7. The molecule has 0 aliphatic carbocycles. The minimum Gasteiger partial charge on any atom is -0.421 e. The van der Waals surface area contributed by atoms with Gasteiger partial charge in [-0.3, -0.25) is 9.55 Å². The Balaban J connectivity index is 1.51. The zero-order chi connectivity index (χ0) is 24.7. The van der Waals surface area contributed by atoms with Crippen molar-refractivity contribution in [2.75, 3.05) is 12.7 Å². The van der Waals surface area contributed by atoms with Gasteiger partial charge in [-0.2, -0.15) is 0 Å². The van der Waals surface area contributed by atoms with Gasteiger partial charge in [0.2, 0.25) is 11.8 Å². The Kier molecular flexibility index (Phi) is 8.42. The normalized spacial score (nSPS) is 12.8.